The lowest BCUT2D eigenvalue weighted by Crippen LogP contribution is -2.34. The van der Waals surface area contributed by atoms with Gasteiger partial charge in [-0.3, -0.25) is 4.79 Å². The minimum absolute atomic E-state index is 0.0481. The highest BCUT2D eigenvalue weighted by atomic mass is 19.1. The van der Waals surface area contributed by atoms with Crippen molar-refractivity contribution in [2.24, 2.45) is 0 Å². The van der Waals surface area contributed by atoms with E-state index in [4.69, 9.17) is 4.74 Å². The molecular weight excluding hydrogens is 273 g/mol. The van der Waals surface area contributed by atoms with Crippen molar-refractivity contribution >= 4 is 5.91 Å². The molecule has 2 N–H and O–H groups in total. The van der Waals surface area contributed by atoms with Gasteiger partial charge in [0.2, 0.25) is 0 Å². The van der Waals surface area contributed by atoms with Gasteiger partial charge in [0.15, 0.2) is 0 Å². The fourth-order valence-corrected chi connectivity index (χ4v) is 2.37. The lowest BCUT2D eigenvalue weighted by molar-refractivity contribution is 0.0931. The van der Waals surface area contributed by atoms with E-state index in [1.807, 2.05) is 24.3 Å². The number of phenolic OH excluding ortho intramolecular Hbond substituents is 1. The van der Waals surface area contributed by atoms with Crippen LogP contribution >= 0.6 is 0 Å². The molecule has 2 aromatic carbocycles. The van der Waals surface area contributed by atoms with Crippen LogP contribution in [-0.2, 0) is 6.42 Å². The van der Waals surface area contributed by atoms with E-state index in [1.165, 1.54) is 6.07 Å². The number of phenols is 1. The molecule has 0 fully saturated rings. The molecule has 1 unspecified atom stereocenters. The van der Waals surface area contributed by atoms with Gasteiger partial charge in [0.05, 0.1) is 12.1 Å². The summed E-state index contributed by atoms with van der Waals surface area (Å²) in [6, 6.07) is 11.0. The Hall–Kier alpha value is -2.56. The molecule has 0 saturated heterocycles. The van der Waals surface area contributed by atoms with Gasteiger partial charge in [-0.2, -0.15) is 0 Å². The van der Waals surface area contributed by atoms with Crippen LogP contribution in [-0.4, -0.2) is 23.7 Å². The maximum atomic E-state index is 12.9. The van der Waals surface area contributed by atoms with Crippen molar-refractivity contribution in [1.29, 1.82) is 0 Å². The van der Waals surface area contributed by atoms with E-state index in [9.17, 15) is 14.3 Å². The Morgan fingerprint density at radius 2 is 2.14 bits per heavy atom. The van der Waals surface area contributed by atoms with Gasteiger partial charge in [0.25, 0.3) is 5.91 Å². The molecule has 0 spiro atoms. The molecule has 21 heavy (non-hydrogen) atoms. The van der Waals surface area contributed by atoms with Crippen LogP contribution in [0.1, 0.15) is 15.9 Å². The molecule has 1 aliphatic rings. The van der Waals surface area contributed by atoms with Crippen molar-refractivity contribution in [3.05, 3.63) is 59.4 Å². The van der Waals surface area contributed by atoms with Crippen LogP contribution < -0.4 is 10.1 Å². The summed E-state index contributed by atoms with van der Waals surface area (Å²) in [5.74, 6) is -0.574. The van der Waals surface area contributed by atoms with Crippen LogP contribution in [0.3, 0.4) is 0 Å². The lowest BCUT2D eigenvalue weighted by atomic mass is 10.1. The number of para-hydroxylation sites is 1. The molecule has 108 valence electrons. The van der Waals surface area contributed by atoms with E-state index in [1.54, 1.807) is 0 Å². The third kappa shape index (κ3) is 2.81. The molecule has 0 aliphatic carbocycles. The van der Waals surface area contributed by atoms with E-state index >= 15 is 0 Å². The number of aromatic hydroxyl groups is 1. The third-order valence-corrected chi connectivity index (χ3v) is 3.41. The second-order valence-electron chi connectivity index (χ2n) is 4.92. The highest BCUT2D eigenvalue weighted by Crippen LogP contribution is 2.27. The van der Waals surface area contributed by atoms with Crippen LogP contribution in [0.2, 0.25) is 0 Å². The number of hydrogen-bond donors (Lipinski definition) is 2. The van der Waals surface area contributed by atoms with E-state index in [-0.39, 0.29) is 17.4 Å². The first-order valence-corrected chi connectivity index (χ1v) is 6.65. The molecule has 0 bridgehead atoms. The zero-order valence-corrected chi connectivity index (χ0v) is 11.2. The largest absolute Gasteiger partial charge is 0.507 e. The number of halogens is 1. The summed E-state index contributed by atoms with van der Waals surface area (Å²) in [7, 11) is 0. The topological polar surface area (TPSA) is 58.6 Å². The predicted octanol–water partition coefficient (Wildman–Crippen LogP) is 2.26. The number of nitrogens with one attached hydrogen (secondary N) is 1. The standard InChI is InChI=1S/C16H14FNO3/c17-11-5-6-13(14(19)8-11)16(20)18-9-12-7-10-3-1-2-4-15(10)21-12/h1-6,8,12,19H,7,9H2,(H,18,20). The smallest absolute Gasteiger partial charge is 0.255 e. The molecule has 4 nitrogen and oxygen atoms in total. The van der Waals surface area contributed by atoms with Gasteiger partial charge in [-0.1, -0.05) is 18.2 Å². The minimum Gasteiger partial charge on any atom is -0.507 e. The monoisotopic (exact) mass is 287 g/mol. The van der Waals surface area contributed by atoms with E-state index in [2.05, 4.69) is 5.32 Å². The van der Waals surface area contributed by atoms with Gasteiger partial charge in [0, 0.05) is 12.5 Å². The number of rotatable bonds is 3. The molecule has 1 heterocycles. The van der Waals surface area contributed by atoms with Gasteiger partial charge in [-0.15, -0.1) is 0 Å². The first kappa shape index (κ1) is 13.4. The predicted molar refractivity (Wildman–Crippen MR) is 75.0 cm³/mol. The molecule has 3 rings (SSSR count). The summed E-state index contributed by atoms with van der Waals surface area (Å²) in [4.78, 5) is 12.0. The second kappa shape index (κ2) is 5.44. The van der Waals surface area contributed by atoms with Crippen molar-refractivity contribution in [3.8, 4) is 11.5 Å². The van der Waals surface area contributed by atoms with Crippen molar-refractivity contribution in [3.63, 3.8) is 0 Å². The highest BCUT2D eigenvalue weighted by molar-refractivity contribution is 5.96. The molecule has 0 radical (unpaired) electrons. The average Bonchev–Trinajstić information content (AvgIpc) is 2.87. The number of fused-ring (bicyclic) bond motifs is 1. The van der Waals surface area contributed by atoms with Gasteiger partial charge in [-0.25, -0.2) is 4.39 Å². The van der Waals surface area contributed by atoms with Crippen molar-refractivity contribution in [2.45, 2.75) is 12.5 Å². The molecule has 0 saturated carbocycles. The van der Waals surface area contributed by atoms with Crippen LogP contribution in [0.15, 0.2) is 42.5 Å². The van der Waals surface area contributed by atoms with E-state index < -0.39 is 11.7 Å². The lowest BCUT2D eigenvalue weighted by Gasteiger charge is -2.12. The van der Waals surface area contributed by atoms with E-state index in [0.29, 0.717) is 6.54 Å². The number of amides is 1. The Labute approximate surface area is 121 Å². The van der Waals surface area contributed by atoms with Crippen molar-refractivity contribution < 1.29 is 19.0 Å². The van der Waals surface area contributed by atoms with Gasteiger partial charge < -0.3 is 15.2 Å². The molecule has 0 aromatic heterocycles. The zero-order chi connectivity index (χ0) is 14.8. The fraction of sp³-hybridized carbons (Fsp3) is 0.188. The number of carbonyl (C=O) groups excluding carboxylic acids is 1. The molecule has 1 atom stereocenters. The highest BCUT2D eigenvalue weighted by Gasteiger charge is 2.23. The number of hydrogen-bond acceptors (Lipinski definition) is 3. The first-order chi connectivity index (χ1) is 10.1. The van der Waals surface area contributed by atoms with Gasteiger partial charge in [0.1, 0.15) is 23.4 Å². The number of carbonyl (C=O) groups is 1. The van der Waals surface area contributed by atoms with Crippen LogP contribution in [0, 0.1) is 5.82 Å². The molecule has 1 amide bonds. The SMILES string of the molecule is O=C(NCC1Cc2ccccc2O1)c1ccc(F)cc1O. The van der Waals surface area contributed by atoms with Crippen LogP contribution in [0.4, 0.5) is 4.39 Å². The Morgan fingerprint density at radius 1 is 1.33 bits per heavy atom. The minimum atomic E-state index is -0.585. The fourth-order valence-electron chi connectivity index (χ4n) is 2.37. The summed E-state index contributed by atoms with van der Waals surface area (Å²) in [5, 5.41) is 12.3. The maximum absolute atomic E-state index is 12.9. The number of ether oxygens (including phenoxy) is 1. The Morgan fingerprint density at radius 3 is 2.90 bits per heavy atom. The summed E-state index contributed by atoms with van der Waals surface area (Å²) in [6.07, 6.45) is 0.597. The van der Waals surface area contributed by atoms with Crippen LogP contribution in [0.25, 0.3) is 0 Å². The molecular formula is C16H14FNO3. The summed E-state index contributed by atoms with van der Waals surface area (Å²) in [5.41, 5.74) is 1.16. The van der Waals surface area contributed by atoms with Crippen LogP contribution in [0.5, 0.6) is 11.5 Å². The first-order valence-electron chi connectivity index (χ1n) is 6.65. The van der Waals surface area contributed by atoms with Gasteiger partial charge in [-0.05, 0) is 23.8 Å². The summed E-state index contributed by atoms with van der Waals surface area (Å²) < 4.78 is 18.6. The Balaban J connectivity index is 1.60. The average molecular weight is 287 g/mol. The zero-order valence-electron chi connectivity index (χ0n) is 11.2. The maximum Gasteiger partial charge on any atom is 0.255 e. The summed E-state index contributed by atoms with van der Waals surface area (Å²) in [6.45, 7) is 0.324. The Bertz CT molecular complexity index is 662. The van der Waals surface area contributed by atoms with Gasteiger partial charge >= 0.3 is 0 Å². The molecule has 1 aliphatic heterocycles. The van der Waals surface area contributed by atoms with Crippen molar-refractivity contribution in [2.75, 3.05) is 6.54 Å². The molecule has 2 aromatic rings. The Kier molecular flexibility index (Phi) is 3.48. The third-order valence-electron chi connectivity index (χ3n) is 3.41. The quantitative estimate of drug-likeness (QED) is 0.910. The normalized spacial score (nSPS) is 16.1. The number of benzene rings is 2. The van der Waals surface area contributed by atoms with Crippen molar-refractivity contribution in [1.82, 2.24) is 5.32 Å². The summed E-state index contributed by atoms with van der Waals surface area (Å²) >= 11 is 0. The molecule has 5 heteroatoms. The van der Waals surface area contributed by atoms with E-state index in [0.717, 1.165) is 29.9 Å². The second-order valence-corrected chi connectivity index (χ2v) is 4.92.